The van der Waals surface area contributed by atoms with Gasteiger partial charge in [0.1, 0.15) is 0 Å². The fraction of sp³-hybridized carbons (Fsp3) is 0.579. The van der Waals surface area contributed by atoms with Crippen molar-refractivity contribution in [3.63, 3.8) is 0 Å². The number of hydrogen-bond donors (Lipinski definition) is 1. The maximum Gasteiger partial charge on any atom is 0.253 e. The number of carbonyl (C=O) groups is 2. The number of nitrogens with two attached hydrogens (primary N) is 1. The van der Waals surface area contributed by atoms with Crippen LogP contribution in [0.5, 0.6) is 0 Å². The Morgan fingerprint density at radius 2 is 1.58 bits per heavy atom. The predicted octanol–water partition coefficient (Wildman–Crippen LogP) is 1.88. The van der Waals surface area contributed by atoms with Crippen LogP contribution in [0.3, 0.4) is 0 Å². The van der Waals surface area contributed by atoms with Gasteiger partial charge in [0.05, 0.1) is 0 Å². The van der Waals surface area contributed by atoms with E-state index in [1.165, 1.54) is 12.8 Å². The second-order valence-electron chi connectivity index (χ2n) is 6.95. The molecule has 1 aliphatic carbocycles. The zero-order valence-electron chi connectivity index (χ0n) is 14.2. The van der Waals surface area contributed by atoms with E-state index < -0.39 is 0 Å². The summed E-state index contributed by atoms with van der Waals surface area (Å²) in [4.78, 5) is 28.7. The standard InChI is InChI=1S/C19H27N3O2/c20-17-9-5-4-8-16(17)14-18(23)21-10-12-22(13-11-21)19(24)15-6-2-1-3-7-15/h1-3,6-7,16-17H,4-5,8-14,20H2. The highest BCUT2D eigenvalue weighted by Crippen LogP contribution is 2.26. The van der Waals surface area contributed by atoms with Gasteiger partial charge in [0.2, 0.25) is 5.91 Å². The molecule has 0 bridgehead atoms. The minimum atomic E-state index is 0.0528. The highest BCUT2D eigenvalue weighted by molar-refractivity contribution is 5.94. The maximum atomic E-state index is 12.5. The number of rotatable bonds is 3. The Labute approximate surface area is 143 Å². The highest BCUT2D eigenvalue weighted by Gasteiger charge is 2.29. The zero-order valence-corrected chi connectivity index (χ0v) is 14.2. The molecule has 0 aromatic heterocycles. The van der Waals surface area contributed by atoms with Gasteiger partial charge in [0, 0.05) is 44.2 Å². The second kappa shape index (κ2) is 7.79. The van der Waals surface area contributed by atoms with Gasteiger partial charge in [-0.25, -0.2) is 0 Å². The summed E-state index contributed by atoms with van der Waals surface area (Å²) >= 11 is 0. The Morgan fingerprint density at radius 3 is 2.25 bits per heavy atom. The van der Waals surface area contributed by atoms with E-state index in [-0.39, 0.29) is 17.9 Å². The first-order chi connectivity index (χ1) is 11.6. The minimum Gasteiger partial charge on any atom is -0.339 e. The van der Waals surface area contributed by atoms with E-state index in [4.69, 9.17) is 5.73 Å². The summed E-state index contributed by atoms with van der Waals surface area (Å²) in [5.41, 5.74) is 6.87. The first kappa shape index (κ1) is 17.0. The third kappa shape index (κ3) is 3.96. The maximum absolute atomic E-state index is 12.5. The van der Waals surface area contributed by atoms with Gasteiger partial charge in [0.15, 0.2) is 0 Å². The molecule has 1 saturated carbocycles. The minimum absolute atomic E-state index is 0.0528. The van der Waals surface area contributed by atoms with Crippen LogP contribution in [0.15, 0.2) is 30.3 Å². The van der Waals surface area contributed by atoms with Gasteiger partial charge in [-0.1, -0.05) is 31.0 Å². The van der Waals surface area contributed by atoms with E-state index in [0.29, 0.717) is 44.1 Å². The van der Waals surface area contributed by atoms with Gasteiger partial charge in [0.25, 0.3) is 5.91 Å². The molecule has 1 saturated heterocycles. The monoisotopic (exact) mass is 329 g/mol. The van der Waals surface area contributed by atoms with Crippen LogP contribution in [-0.2, 0) is 4.79 Å². The normalized spacial score (nSPS) is 24.7. The van der Waals surface area contributed by atoms with E-state index in [2.05, 4.69) is 0 Å². The van der Waals surface area contributed by atoms with Gasteiger partial charge in [-0.3, -0.25) is 9.59 Å². The van der Waals surface area contributed by atoms with Crippen molar-refractivity contribution in [1.82, 2.24) is 9.80 Å². The van der Waals surface area contributed by atoms with Gasteiger partial charge >= 0.3 is 0 Å². The smallest absolute Gasteiger partial charge is 0.253 e. The van der Waals surface area contributed by atoms with Gasteiger partial charge in [-0.15, -0.1) is 0 Å². The van der Waals surface area contributed by atoms with Crippen LogP contribution in [0.4, 0.5) is 0 Å². The third-order valence-electron chi connectivity index (χ3n) is 5.35. The van der Waals surface area contributed by atoms with Crippen molar-refractivity contribution < 1.29 is 9.59 Å². The molecule has 2 N–H and O–H groups in total. The summed E-state index contributed by atoms with van der Waals surface area (Å²) in [5, 5.41) is 0. The van der Waals surface area contributed by atoms with Crippen LogP contribution in [0.25, 0.3) is 0 Å². The molecule has 1 heterocycles. The van der Waals surface area contributed by atoms with Crippen LogP contribution < -0.4 is 5.73 Å². The molecule has 5 nitrogen and oxygen atoms in total. The summed E-state index contributed by atoms with van der Waals surface area (Å²) < 4.78 is 0. The van der Waals surface area contributed by atoms with Gasteiger partial charge < -0.3 is 15.5 Å². The summed E-state index contributed by atoms with van der Waals surface area (Å²) in [6.07, 6.45) is 5.04. The molecular weight excluding hydrogens is 302 g/mol. The number of nitrogens with zero attached hydrogens (tertiary/aromatic N) is 2. The number of piperazine rings is 1. The first-order valence-electron chi connectivity index (χ1n) is 9.03. The molecule has 0 radical (unpaired) electrons. The SMILES string of the molecule is NC1CCCCC1CC(=O)N1CCN(C(=O)c2ccccc2)CC1. The van der Waals surface area contributed by atoms with Crippen molar-refractivity contribution in [2.24, 2.45) is 11.7 Å². The fourth-order valence-corrected chi connectivity index (χ4v) is 3.77. The molecule has 0 spiro atoms. The molecule has 24 heavy (non-hydrogen) atoms. The average molecular weight is 329 g/mol. The molecular formula is C19H27N3O2. The summed E-state index contributed by atoms with van der Waals surface area (Å²) in [5.74, 6) is 0.580. The molecule has 1 aromatic carbocycles. The molecule has 2 atom stereocenters. The molecule has 1 aromatic rings. The number of benzene rings is 1. The quantitative estimate of drug-likeness (QED) is 0.921. The molecule has 2 unspecified atom stereocenters. The van der Waals surface area contributed by atoms with Gasteiger partial charge in [-0.05, 0) is 30.9 Å². The molecule has 2 fully saturated rings. The summed E-state index contributed by atoms with van der Waals surface area (Å²) in [7, 11) is 0. The van der Waals surface area contributed by atoms with E-state index in [9.17, 15) is 9.59 Å². The van der Waals surface area contributed by atoms with Crippen molar-refractivity contribution in [2.75, 3.05) is 26.2 Å². The molecule has 2 amide bonds. The largest absolute Gasteiger partial charge is 0.339 e. The lowest BCUT2D eigenvalue weighted by Crippen LogP contribution is -2.51. The molecule has 5 heteroatoms. The van der Waals surface area contributed by atoms with Crippen molar-refractivity contribution in [3.05, 3.63) is 35.9 Å². The second-order valence-corrected chi connectivity index (χ2v) is 6.95. The van der Waals surface area contributed by atoms with Gasteiger partial charge in [-0.2, -0.15) is 0 Å². The van der Waals surface area contributed by atoms with E-state index in [0.717, 1.165) is 12.8 Å². The van der Waals surface area contributed by atoms with Crippen LogP contribution in [0, 0.1) is 5.92 Å². The Bertz CT molecular complexity index is 567. The predicted molar refractivity (Wildman–Crippen MR) is 93.5 cm³/mol. The van der Waals surface area contributed by atoms with Crippen molar-refractivity contribution in [1.29, 1.82) is 0 Å². The lowest BCUT2D eigenvalue weighted by Gasteiger charge is -2.36. The highest BCUT2D eigenvalue weighted by atomic mass is 16.2. The Kier molecular flexibility index (Phi) is 5.51. The summed E-state index contributed by atoms with van der Waals surface area (Å²) in [6.45, 7) is 2.46. The van der Waals surface area contributed by atoms with Crippen LogP contribution in [-0.4, -0.2) is 53.8 Å². The van der Waals surface area contributed by atoms with E-state index >= 15 is 0 Å². The van der Waals surface area contributed by atoms with Crippen LogP contribution in [0.1, 0.15) is 42.5 Å². The molecule has 130 valence electrons. The zero-order chi connectivity index (χ0) is 16.9. The van der Waals surface area contributed by atoms with Crippen LogP contribution >= 0.6 is 0 Å². The van der Waals surface area contributed by atoms with E-state index in [1.54, 1.807) is 0 Å². The Balaban J connectivity index is 1.49. The molecule has 1 aliphatic heterocycles. The topological polar surface area (TPSA) is 66.6 Å². The van der Waals surface area contributed by atoms with Crippen molar-refractivity contribution in [2.45, 2.75) is 38.1 Å². The van der Waals surface area contributed by atoms with Crippen LogP contribution in [0.2, 0.25) is 0 Å². The fourth-order valence-electron chi connectivity index (χ4n) is 3.77. The number of hydrogen-bond acceptors (Lipinski definition) is 3. The number of amides is 2. The molecule has 2 aliphatic rings. The Hall–Kier alpha value is -1.88. The summed E-state index contributed by atoms with van der Waals surface area (Å²) in [6, 6.07) is 9.50. The lowest BCUT2D eigenvalue weighted by atomic mass is 9.82. The molecule has 3 rings (SSSR count). The third-order valence-corrected chi connectivity index (χ3v) is 5.35. The first-order valence-corrected chi connectivity index (χ1v) is 9.03. The van der Waals surface area contributed by atoms with Crippen molar-refractivity contribution in [3.8, 4) is 0 Å². The number of carbonyl (C=O) groups excluding carboxylic acids is 2. The van der Waals surface area contributed by atoms with E-state index in [1.807, 2.05) is 40.1 Å². The van der Waals surface area contributed by atoms with Crippen molar-refractivity contribution >= 4 is 11.8 Å². The average Bonchev–Trinajstić information content (AvgIpc) is 2.64. The lowest BCUT2D eigenvalue weighted by molar-refractivity contribution is -0.134. The Morgan fingerprint density at radius 1 is 0.958 bits per heavy atom.